The summed E-state index contributed by atoms with van der Waals surface area (Å²) in [5.41, 5.74) is -1.06. The van der Waals surface area contributed by atoms with Gasteiger partial charge in [0.1, 0.15) is 6.07 Å². The molecular weight excluding hydrogens is 237 g/mol. The first-order valence-electron chi connectivity index (χ1n) is 4.14. The lowest BCUT2D eigenvalue weighted by molar-refractivity contribution is 0.0915. The number of ketones is 1. The maximum atomic E-state index is 11.8. The molecule has 0 amide bonds. The Morgan fingerprint density at radius 1 is 1.53 bits per heavy atom. The molecule has 0 spiro atoms. The zero-order valence-corrected chi connectivity index (χ0v) is 8.97. The molecule has 0 radical (unpaired) electrons. The van der Waals surface area contributed by atoms with E-state index < -0.39 is 11.4 Å². The lowest BCUT2D eigenvalue weighted by Gasteiger charge is -2.04. The van der Waals surface area contributed by atoms with Crippen LogP contribution in [0, 0.1) is 11.3 Å². The van der Waals surface area contributed by atoms with E-state index in [1.165, 1.54) is 12.1 Å². The van der Waals surface area contributed by atoms with Crippen molar-refractivity contribution < 1.29 is 9.53 Å². The monoisotopic (exact) mass is 241 g/mol. The van der Waals surface area contributed by atoms with Crippen LogP contribution in [0.5, 0.6) is 0 Å². The molecule has 2 rings (SSSR count). The fourth-order valence-corrected chi connectivity index (χ4v) is 1.70. The number of rotatable bonds is 2. The van der Waals surface area contributed by atoms with Crippen molar-refractivity contribution in [1.82, 2.24) is 0 Å². The van der Waals surface area contributed by atoms with E-state index in [0.717, 1.165) is 0 Å². The molecule has 1 heterocycles. The summed E-state index contributed by atoms with van der Waals surface area (Å²) in [6.45, 7) is 0.126. The second kappa shape index (κ2) is 3.49. The van der Waals surface area contributed by atoms with Gasteiger partial charge in [-0.25, -0.2) is 0 Å². The Morgan fingerprint density at radius 3 is 2.67 bits per heavy atom. The van der Waals surface area contributed by atoms with E-state index in [1.807, 2.05) is 6.07 Å². The standard InChI is InChI=1S/C10H5Cl2NO2/c11-6-1-2-7(8(12)3-6)9(14)10(4-13)5-15-10/h1-3H,5H2. The average Bonchev–Trinajstić information content (AvgIpc) is 2.97. The van der Waals surface area contributed by atoms with Gasteiger partial charge in [-0.1, -0.05) is 23.2 Å². The molecular formula is C10H5Cl2NO2. The first-order chi connectivity index (χ1) is 7.09. The minimum absolute atomic E-state index is 0.126. The Labute approximate surface area is 96.2 Å². The van der Waals surface area contributed by atoms with Gasteiger partial charge in [-0.3, -0.25) is 4.79 Å². The van der Waals surface area contributed by atoms with Crippen LogP contribution >= 0.6 is 23.2 Å². The summed E-state index contributed by atoms with van der Waals surface area (Å²) in [7, 11) is 0. The molecule has 1 unspecified atom stereocenters. The predicted octanol–water partition coefficient (Wildman–Crippen LogP) is 2.47. The summed E-state index contributed by atoms with van der Waals surface area (Å²) < 4.78 is 4.84. The molecule has 0 saturated carbocycles. The molecule has 0 N–H and O–H groups in total. The number of epoxide rings is 1. The van der Waals surface area contributed by atoms with E-state index in [1.54, 1.807) is 6.07 Å². The number of hydrogen-bond acceptors (Lipinski definition) is 3. The first kappa shape index (κ1) is 10.4. The zero-order chi connectivity index (χ0) is 11.1. The van der Waals surface area contributed by atoms with Crippen molar-refractivity contribution >= 4 is 29.0 Å². The Hall–Kier alpha value is -1.08. The van der Waals surface area contributed by atoms with Gasteiger partial charge in [0.05, 0.1) is 11.6 Å². The number of nitriles is 1. The number of carbonyl (C=O) groups is 1. The number of benzene rings is 1. The molecule has 76 valence electrons. The Bertz CT molecular complexity index is 475. The summed E-state index contributed by atoms with van der Waals surface area (Å²) in [6.07, 6.45) is 0. The second-order valence-corrected chi connectivity index (χ2v) is 4.02. The molecule has 1 atom stereocenters. The molecule has 0 bridgehead atoms. The molecule has 0 aliphatic carbocycles. The minimum Gasteiger partial charge on any atom is -0.347 e. The topological polar surface area (TPSA) is 53.4 Å². The summed E-state index contributed by atoms with van der Waals surface area (Å²) in [5, 5.41) is 9.45. The third-order valence-electron chi connectivity index (χ3n) is 2.16. The average molecular weight is 242 g/mol. The molecule has 1 aliphatic rings. The normalized spacial score (nSPS) is 23.3. The lowest BCUT2D eigenvalue weighted by atomic mass is 10.00. The predicted molar refractivity (Wildman–Crippen MR) is 55.1 cm³/mol. The fraction of sp³-hybridized carbons (Fsp3) is 0.200. The summed E-state index contributed by atoms with van der Waals surface area (Å²) in [4.78, 5) is 11.8. The van der Waals surface area contributed by atoms with Crippen molar-refractivity contribution in [3.8, 4) is 6.07 Å². The first-order valence-corrected chi connectivity index (χ1v) is 4.90. The maximum Gasteiger partial charge on any atom is 0.241 e. The Morgan fingerprint density at radius 2 is 2.20 bits per heavy atom. The fourth-order valence-electron chi connectivity index (χ4n) is 1.21. The van der Waals surface area contributed by atoms with Crippen LogP contribution in [0.4, 0.5) is 0 Å². The van der Waals surface area contributed by atoms with E-state index in [4.69, 9.17) is 33.2 Å². The van der Waals surface area contributed by atoms with Gasteiger partial charge in [0, 0.05) is 10.6 Å². The van der Waals surface area contributed by atoms with Crippen LogP contribution in [0.1, 0.15) is 10.4 Å². The lowest BCUT2D eigenvalue weighted by Crippen LogP contribution is -2.22. The highest BCUT2D eigenvalue weighted by Crippen LogP contribution is 2.33. The van der Waals surface area contributed by atoms with Crippen molar-refractivity contribution in [2.45, 2.75) is 5.60 Å². The number of Topliss-reactive ketones (excluding diaryl/α,β-unsaturated/α-hetero) is 1. The van der Waals surface area contributed by atoms with Gasteiger partial charge in [-0.05, 0) is 18.2 Å². The number of halogens is 2. The molecule has 1 fully saturated rings. The van der Waals surface area contributed by atoms with Gasteiger partial charge in [0.25, 0.3) is 0 Å². The molecule has 1 aliphatic heterocycles. The van der Waals surface area contributed by atoms with Crippen LogP contribution in [-0.4, -0.2) is 18.0 Å². The minimum atomic E-state index is -1.32. The molecule has 5 heteroatoms. The molecule has 1 aromatic rings. The molecule has 15 heavy (non-hydrogen) atoms. The Balaban J connectivity index is 2.39. The second-order valence-electron chi connectivity index (χ2n) is 3.18. The van der Waals surface area contributed by atoms with Crippen LogP contribution in [0.25, 0.3) is 0 Å². The smallest absolute Gasteiger partial charge is 0.241 e. The number of ether oxygens (including phenoxy) is 1. The van der Waals surface area contributed by atoms with Gasteiger partial charge in [-0.15, -0.1) is 0 Å². The van der Waals surface area contributed by atoms with Gasteiger partial charge < -0.3 is 4.74 Å². The molecule has 0 aromatic heterocycles. The zero-order valence-electron chi connectivity index (χ0n) is 7.46. The van der Waals surface area contributed by atoms with Crippen molar-refractivity contribution in [2.24, 2.45) is 0 Å². The number of nitrogens with zero attached hydrogens (tertiary/aromatic N) is 1. The van der Waals surface area contributed by atoms with Crippen molar-refractivity contribution in [2.75, 3.05) is 6.61 Å². The third kappa shape index (κ3) is 1.72. The van der Waals surface area contributed by atoms with Crippen molar-refractivity contribution in [3.05, 3.63) is 33.8 Å². The maximum absolute atomic E-state index is 11.8. The van der Waals surface area contributed by atoms with Gasteiger partial charge >= 0.3 is 0 Å². The van der Waals surface area contributed by atoms with E-state index in [2.05, 4.69) is 0 Å². The summed E-state index contributed by atoms with van der Waals surface area (Å²) >= 11 is 11.5. The molecule has 1 aromatic carbocycles. The van der Waals surface area contributed by atoms with Gasteiger partial charge in [-0.2, -0.15) is 5.26 Å². The van der Waals surface area contributed by atoms with E-state index >= 15 is 0 Å². The van der Waals surface area contributed by atoms with Crippen LogP contribution in [0.3, 0.4) is 0 Å². The third-order valence-corrected chi connectivity index (χ3v) is 2.70. The number of carbonyl (C=O) groups excluding carboxylic acids is 1. The highest BCUT2D eigenvalue weighted by atomic mass is 35.5. The van der Waals surface area contributed by atoms with Crippen molar-refractivity contribution in [1.29, 1.82) is 5.26 Å². The summed E-state index contributed by atoms with van der Waals surface area (Å²) in [5.74, 6) is -0.410. The highest BCUT2D eigenvalue weighted by molar-refractivity contribution is 6.37. The van der Waals surface area contributed by atoms with Gasteiger partial charge in [0.15, 0.2) is 0 Å². The Kier molecular flexibility index (Phi) is 2.43. The highest BCUT2D eigenvalue weighted by Gasteiger charge is 2.53. The molecule has 1 saturated heterocycles. The molecule has 3 nitrogen and oxygen atoms in total. The SMILES string of the molecule is N#CC1(C(=O)c2ccc(Cl)cc2Cl)CO1. The van der Waals surface area contributed by atoms with Crippen LogP contribution in [-0.2, 0) is 4.74 Å². The van der Waals surface area contributed by atoms with Crippen LogP contribution in [0.15, 0.2) is 18.2 Å². The van der Waals surface area contributed by atoms with E-state index in [-0.39, 0.29) is 17.2 Å². The van der Waals surface area contributed by atoms with Gasteiger partial charge in [0.2, 0.25) is 11.4 Å². The largest absolute Gasteiger partial charge is 0.347 e. The number of hydrogen-bond donors (Lipinski definition) is 0. The van der Waals surface area contributed by atoms with Crippen LogP contribution in [0.2, 0.25) is 10.0 Å². The quantitative estimate of drug-likeness (QED) is 0.591. The van der Waals surface area contributed by atoms with E-state index in [0.29, 0.717) is 5.02 Å². The van der Waals surface area contributed by atoms with Crippen molar-refractivity contribution in [3.63, 3.8) is 0 Å². The summed E-state index contributed by atoms with van der Waals surface area (Å²) in [6, 6.07) is 6.33. The van der Waals surface area contributed by atoms with E-state index in [9.17, 15) is 4.79 Å². The van der Waals surface area contributed by atoms with Crippen LogP contribution < -0.4 is 0 Å².